The van der Waals surface area contributed by atoms with Crippen molar-refractivity contribution in [1.29, 1.82) is 0 Å². The van der Waals surface area contributed by atoms with Crippen LogP contribution in [0.4, 0.5) is 5.82 Å². The largest absolute Gasteiger partial charge is 0.395 e. The number of aliphatic hydroxyl groups excluding tert-OH is 1. The van der Waals surface area contributed by atoms with Gasteiger partial charge in [-0.05, 0) is 37.0 Å². The third-order valence-electron chi connectivity index (χ3n) is 5.07. The molecule has 126 valence electrons. The summed E-state index contributed by atoms with van der Waals surface area (Å²) in [7, 11) is 0. The van der Waals surface area contributed by atoms with Crippen LogP contribution in [0.5, 0.6) is 0 Å². The van der Waals surface area contributed by atoms with Gasteiger partial charge in [-0.1, -0.05) is 11.8 Å². The van der Waals surface area contributed by atoms with Crippen molar-refractivity contribution >= 4 is 23.5 Å². The Morgan fingerprint density at radius 1 is 1.35 bits per heavy atom. The van der Waals surface area contributed by atoms with Crippen LogP contribution in [0.2, 0.25) is 0 Å². The lowest BCUT2D eigenvalue weighted by atomic mass is 9.72. The maximum atomic E-state index is 12.0. The molecule has 0 bridgehead atoms. The van der Waals surface area contributed by atoms with Gasteiger partial charge in [-0.3, -0.25) is 4.79 Å². The number of likely N-dealkylation sites (tertiary alicyclic amines) is 1. The van der Waals surface area contributed by atoms with Crippen LogP contribution in [0.1, 0.15) is 25.7 Å². The minimum atomic E-state index is 0.0480. The SMILES string of the molecule is CSc1nccc(N2CCC3(CCC(=O)N(CCO)C3)CC2)n1. The molecule has 2 fully saturated rings. The predicted molar refractivity (Wildman–Crippen MR) is 90.6 cm³/mol. The molecule has 2 aliphatic rings. The fourth-order valence-electron chi connectivity index (χ4n) is 3.65. The zero-order valence-electron chi connectivity index (χ0n) is 13.6. The van der Waals surface area contributed by atoms with Crippen LogP contribution in [-0.4, -0.2) is 64.9 Å². The standard InChI is InChI=1S/C16H24N4O2S/c1-23-15-17-7-3-13(18-15)19-8-5-16(6-9-19)4-2-14(22)20(12-16)10-11-21/h3,7,21H,2,4-6,8-12H2,1H3. The van der Waals surface area contributed by atoms with Crippen molar-refractivity contribution in [2.24, 2.45) is 5.41 Å². The molecule has 2 aliphatic heterocycles. The third kappa shape index (κ3) is 3.61. The highest BCUT2D eigenvalue weighted by molar-refractivity contribution is 7.98. The number of carbonyl (C=O) groups is 1. The van der Waals surface area contributed by atoms with E-state index in [1.54, 1.807) is 11.8 Å². The Balaban J connectivity index is 1.64. The highest BCUT2D eigenvalue weighted by atomic mass is 32.2. The van der Waals surface area contributed by atoms with Crippen molar-refractivity contribution in [3.05, 3.63) is 12.3 Å². The molecule has 0 unspecified atom stereocenters. The Labute approximate surface area is 141 Å². The summed E-state index contributed by atoms with van der Waals surface area (Å²) in [6.07, 6.45) is 7.53. The molecule has 1 aromatic heterocycles. The first-order valence-electron chi connectivity index (χ1n) is 8.16. The lowest BCUT2D eigenvalue weighted by molar-refractivity contribution is -0.138. The van der Waals surface area contributed by atoms with Gasteiger partial charge in [0, 0.05) is 38.8 Å². The number of β-amino-alcohol motifs (C(OH)–C–C–N with tert-alkyl or cyclic N) is 1. The van der Waals surface area contributed by atoms with Gasteiger partial charge in [0.15, 0.2) is 5.16 Å². The first kappa shape index (κ1) is 16.5. The average molecular weight is 336 g/mol. The summed E-state index contributed by atoms with van der Waals surface area (Å²) in [4.78, 5) is 24.9. The molecule has 1 N–H and O–H groups in total. The van der Waals surface area contributed by atoms with Crippen molar-refractivity contribution in [2.75, 3.05) is 43.9 Å². The molecule has 0 aromatic carbocycles. The van der Waals surface area contributed by atoms with Crippen LogP contribution in [0.15, 0.2) is 17.4 Å². The van der Waals surface area contributed by atoms with Crippen molar-refractivity contribution in [3.63, 3.8) is 0 Å². The maximum absolute atomic E-state index is 12.0. The number of carbonyl (C=O) groups excluding carboxylic acids is 1. The monoisotopic (exact) mass is 336 g/mol. The van der Waals surface area contributed by atoms with E-state index in [4.69, 9.17) is 5.11 Å². The number of anilines is 1. The lowest BCUT2D eigenvalue weighted by Gasteiger charge is -2.47. The summed E-state index contributed by atoms with van der Waals surface area (Å²) in [6.45, 7) is 3.23. The molecule has 6 nitrogen and oxygen atoms in total. The normalized spacial score (nSPS) is 21.0. The summed E-state index contributed by atoms with van der Waals surface area (Å²) in [5.41, 5.74) is 0.217. The van der Waals surface area contributed by atoms with Gasteiger partial charge in [-0.2, -0.15) is 0 Å². The first-order chi connectivity index (χ1) is 11.2. The fourth-order valence-corrected chi connectivity index (χ4v) is 4.00. The number of aliphatic hydroxyl groups is 1. The van der Waals surface area contributed by atoms with E-state index in [1.807, 2.05) is 23.4 Å². The van der Waals surface area contributed by atoms with Gasteiger partial charge < -0.3 is 14.9 Å². The smallest absolute Gasteiger partial charge is 0.222 e. The van der Waals surface area contributed by atoms with E-state index in [9.17, 15) is 4.79 Å². The number of hydrogen-bond acceptors (Lipinski definition) is 6. The van der Waals surface area contributed by atoms with Crippen LogP contribution in [0, 0.1) is 5.41 Å². The summed E-state index contributed by atoms with van der Waals surface area (Å²) in [5.74, 6) is 1.19. The van der Waals surface area contributed by atoms with Crippen molar-refractivity contribution < 1.29 is 9.90 Å². The third-order valence-corrected chi connectivity index (χ3v) is 5.63. The van der Waals surface area contributed by atoms with E-state index < -0.39 is 0 Å². The van der Waals surface area contributed by atoms with E-state index in [0.717, 1.165) is 49.9 Å². The molecule has 0 atom stereocenters. The molecule has 1 amide bonds. The summed E-state index contributed by atoms with van der Waals surface area (Å²) >= 11 is 1.56. The Kier molecular flexibility index (Phi) is 5.06. The molecular weight excluding hydrogens is 312 g/mol. The van der Waals surface area contributed by atoms with E-state index in [-0.39, 0.29) is 17.9 Å². The average Bonchev–Trinajstić information content (AvgIpc) is 2.59. The highest BCUT2D eigenvalue weighted by Crippen LogP contribution is 2.40. The molecule has 1 aromatic rings. The number of thioether (sulfide) groups is 1. The van der Waals surface area contributed by atoms with Crippen LogP contribution >= 0.6 is 11.8 Å². The molecule has 3 heterocycles. The second kappa shape index (κ2) is 7.05. The molecule has 3 rings (SSSR count). The zero-order valence-corrected chi connectivity index (χ0v) is 14.4. The highest BCUT2D eigenvalue weighted by Gasteiger charge is 2.40. The van der Waals surface area contributed by atoms with Gasteiger partial charge >= 0.3 is 0 Å². The van der Waals surface area contributed by atoms with Gasteiger partial charge in [0.25, 0.3) is 0 Å². The first-order valence-corrected chi connectivity index (χ1v) is 9.39. The summed E-state index contributed by atoms with van der Waals surface area (Å²) in [6, 6.07) is 1.97. The van der Waals surface area contributed by atoms with Gasteiger partial charge in [-0.15, -0.1) is 0 Å². The lowest BCUT2D eigenvalue weighted by Crippen LogP contribution is -2.52. The van der Waals surface area contributed by atoms with E-state index in [1.165, 1.54) is 0 Å². The predicted octanol–water partition coefficient (Wildman–Crippen LogP) is 1.40. The quantitative estimate of drug-likeness (QED) is 0.662. The Morgan fingerprint density at radius 2 is 2.13 bits per heavy atom. The molecule has 7 heteroatoms. The summed E-state index contributed by atoms with van der Waals surface area (Å²) in [5, 5.41) is 9.95. The van der Waals surface area contributed by atoms with Gasteiger partial charge in [-0.25, -0.2) is 9.97 Å². The van der Waals surface area contributed by atoms with Crippen LogP contribution < -0.4 is 4.90 Å². The fraction of sp³-hybridized carbons (Fsp3) is 0.688. The van der Waals surface area contributed by atoms with Crippen LogP contribution in [-0.2, 0) is 4.79 Å². The second-order valence-corrected chi connectivity index (χ2v) is 7.20. The van der Waals surface area contributed by atoms with Gasteiger partial charge in [0.1, 0.15) is 5.82 Å². The Morgan fingerprint density at radius 3 is 2.83 bits per heavy atom. The molecule has 23 heavy (non-hydrogen) atoms. The molecule has 0 aliphatic carbocycles. The van der Waals surface area contributed by atoms with Gasteiger partial charge in [0.05, 0.1) is 6.61 Å². The second-order valence-electron chi connectivity index (χ2n) is 6.43. The van der Waals surface area contributed by atoms with E-state index >= 15 is 0 Å². The number of piperidine rings is 2. The molecule has 0 radical (unpaired) electrons. The molecule has 2 saturated heterocycles. The number of rotatable bonds is 4. The van der Waals surface area contributed by atoms with Crippen LogP contribution in [0.3, 0.4) is 0 Å². The number of hydrogen-bond donors (Lipinski definition) is 1. The minimum absolute atomic E-state index is 0.0480. The van der Waals surface area contributed by atoms with E-state index in [0.29, 0.717) is 13.0 Å². The maximum Gasteiger partial charge on any atom is 0.222 e. The number of amides is 1. The Hall–Kier alpha value is -1.34. The van der Waals surface area contributed by atoms with Crippen molar-refractivity contribution in [2.45, 2.75) is 30.8 Å². The van der Waals surface area contributed by atoms with Gasteiger partial charge in [0.2, 0.25) is 5.91 Å². The van der Waals surface area contributed by atoms with E-state index in [2.05, 4.69) is 14.9 Å². The Bertz CT molecular complexity index is 561. The molecule has 1 spiro atoms. The molecular formula is C16H24N4O2S. The topological polar surface area (TPSA) is 69.6 Å². The zero-order chi connectivity index (χ0) is 16.3. The summed E-state index contributed by atoms with van der Waals surface area (Å²) < 4.78 is 0. The van der Waals surface area contributed by atoms with Crippen molar-refractivity contribution in [3.8, 4) is 0 Å². The number of aromatic nitrogens is 2. The number of nitrogens with zero attached hydrogens (tertiary/aromatic N) is 4. The molecule has 0 saturated carbocycles. The van der Waals surface area contributed by atoms with Crippen LogP contribution in [0.25, 0.3) is 0 Å². The van der Waals surface area contributed by atoms with Crippen molar-refractivity contribution in [1.82, 2.24) is 14.9 Å². The minimum Gasteiger partial charge on any atom is -0.395 e.